The molecule has 0 saturated carbocycles. The van der Waals surface area contributed by atoms with Gasteiger partial charge in [-0.05, 0) is 43.9 Å². The Morgan fingerprint density at radius 1 is 1.25 bits per heavy atom. The Hall–Kier alpha value is -1.77. The lowest BCUT2D eigenvalue weighted by molar-refractivity contribution is -0.128. The fourth-order valence-corrected chi connectivity index (χ4v) is 3.57. The first kappa shape index (κ1) is 17.1. The lowest BCUT2D eigenvalue weighted by atomic mass is 9.97. The van der Waals surface area contributed by atoms with Gasteiger partial charge in [0.05, 0.1) is 10.6 Å². The molecule has 1 N–H and O–H groups in total. The van der Waals surface area contributed by atoms with Crippen molar-refractivity contribution in [2.45, 2.75) is 31.7 Å². The zero-order valence-electron chi connectivity index (χ0n) is 13.6. The molecule has 0 unspecified atom stereocenters. The molecule has 128 valence electrons. The molecule has 0 spiro atoms. The molecule has 6 heteroatoms. The predicted molar refractivity (Wildman–Crippen MR) is 93.1 cm³/mol. The highest BCUT2D eigenvalue weighted by molar-refractivity contribution is 6.32. The van der Waals surface area contributed by atoms with E-state index in [-0.39, 0.29) is 17.9 Å². The number of nitrogens with one attached hydrogen (secondary N) is 1. The second-order valence-electron chi connectivity index (χ2n) is 6.43. The van der Waals surface area contributed by atoms with Crippen LogP contribution in [0, 0.1) is 17.2 Å². The van der Waals surface area contributed by atoms with E-state index in [0.29, 0.717) is 23.8 Å². The third-order valence-corrected chi connectivity index (χ3v) is 5.18. The van der Waals surface area contributed by atoms with E-state index in [1.165, 1.54) is 0 Å². The van der Waals surface area contributed by atoms with Gasteiger partial charge in [0.15, 0.2) is 0 Å². The summed E-state index contributed by atoms with van der Waals surface area (Å²) in [4.78, 5) is 14.6. The van der Waals surface area contributed by atoms with Crippen molar-refractivity contribution >= 4 is 23.2 Å². The smallest absolute Gasteiger partial charge is 0.223 e. The molecule has 2 saturated heterocycles. The molecule has 2 fully saturated rings. The molecule has 1 aromatic carbocycles. The number of piperidine rings is 1. The maximum atomic E-state index is 12.3. The van der Waals surface area contributed by atoms with Crippen LogP contribution in [0.3, 0.4) is 0 Å². The minimum atomic E-state index is 0.106. The van der Waals surface area contributed by atoms with Gasteiger partial charge in [0.2, 0.25) is 5.91 Å². The Morgan fingerprint density at radius 2 is 1.96 bits per heavy atom. The SMILES string of the molecule is N#Cc1ccc(N2CCC(NC(=O)C3CCOCC3)CC2)cc1Cl. The molecule has 5 nitrogen and oxygen atoms in total. The molecule has 0 aliphatic carbocycles. The fraction of sp³-hybridized carbons (Fsp3) is 0.556. The number of nitriles is 1. The molecular formula is C18H22ClN3O2. The molecule has 1 aromatic rings. The summed E-state index contributed by atoms with van der Waals surface area (Å²) >= 11 is 6.12. The van der Waals surface area contributed by atoms with Gasteiger partial charge in [0, 0.05) is 44.0 Å². The highest BCUT2D eigenvalue weighted by atomic mass is 35.5. The average molecular weight is 348 g/mol. The first-order valence-electron chi connectivity index (χ1n) is 8.50. The van der Waals surface area contributed by atoms with E-state index in [9.17, 15) is 4.79 Å². The summed E-state index contributed by atoms with van der Waals surface area (Å²) < 4.78 is 5.31. The van der Waals surface area contributed by atoms with E-state index in [0.717, 1.165) is 44.5 Å². The van der Waals surface area contributed by atoms with Crippen molar-refractivity contribution in [3.8, 4) is 6.07 Å². The Morgan fingerprint density at radius 3 is 2.58 bits per heavy atom. The minimum absolute atomic E-state index is 0.106. The maximum Gasteiger partial charge on any atom is 0.223 e. The summed E-state index contributed by atoms with van der Waals surface area (Å²) in [5.41, 5.74) is 1.53. The normalized spacial score (nSPS) is 19.8. The van der Waals surface area contributed by atoms with Crippen molar-refractivity contribution < 1.29 is 9.53 Å². The molecule has 2 heterocycles. The zero-order chi connectivity index (χ0) is 16.9. The maximum absolute atomic E-state index is 12.3. The fourth-order valence-electron chi connectivity index (χ4n) is 3.35. The highest BCUT2D eigenvalue weighted by Crippen LogP contribution is 2.26. The van der Waals surface area contributed by atoms with Crippen molar-refractivity contribution in [3.05, 3.63) is 28.8 Å². The number of amides is 1. The van der Waals surface area contributed by atoms with Gasteiger partial charge < -0.3 is 15.0 Å². The van der Waals surface area contributed by atoms with Crippen LogP contribution in [0.5, 0.6) is 0 Å². The number of hydrogen-bond donors (Lipinski definition) is 1. The van der Waals surface area contributed by atoms with Crippen LogP contribution in [-0.4, -0.2) is 38.3 Å². The van der Waals surface area contributed by atoms with Crippen LogP contribution in [0.1, 0.15) is 31.2 Å². The lowest BCUT2D eigenvalue weighted by Crippen LogP contribution is -2.47. The van der Waals surface area contributed by atoms with E-state index in [1.54, 1.807) is 6.07 Å². The molecule has 2 aliphatic rings. The van der Waals surface area contributed by atoms with E-state index in [4.69, 9.17) is 21.6 Å². The summed E-state index contributed by atoms with van der Waals surface area (Å²) in [6.07, 6.45) is 3.50. The minimum Gasteiger partial charge on any atom is -0.381 e. The van der Waals surface area contributed by atoms with E-state index in [1.807, 2.05) is 12.1 Å². The molecule has 0 atom stereocenters. The van der Waals surface area contributed by atoms with Crippen molar-refractivity contribution in [1.29, 1.82) is 5.26 Å². The van der Waals surface area contributed by atoms with Gasteiger partial charge >= 0.3 is 0 Å². The summed E-state index contributed by atoms with van der Waals surface area (Å²) in [5, 5.41) is 12.6. The van der Waals surface area contributed by atoms with Crippen LogP contribution in [0.25, 0.3) is 0 Å². The van der Waals surface area contributed by atoms with Crippen LogP contribution >= 0.6 is 11.6 Å². The third-order valence-electron chi connectivity index (χ3n) is 4.87. The van der Waals surface area contributed by atoms with Gasteiger partial charge in [0.1, 0.15) is 6.07 Å². The van der Waals surface area contributed by atoms with E-state index in [2.05, 4.69) is 16.3 Å². The second-order valence-corrected chi connectivity index (χ2v) is 6.84. The molecule has 2 aliphatic heterocycles. The number of nitrogens with zero attached hydrogens (tertiary/aromatic N) is 2. The number of anilines is 1. The van der Waals surface area contributed by atoms with Gasteiger partial charge in [-0.25, -0.2) is 0 Å². The molecule has 0 aromatic heterocycles. The van der Waals surface area contributed by atoms with Crippen LogP contribution in [0.2, 0.25) is 5.02 Å². The van der Waals surface area contributed by atoms with Gasteiger partial charge in [-0.2, -0.15) is 5.26 Å². The van der Waals surface area contributed by atoms with Gasteiger partial charge in [-0.3, -0.25) is 4.79 Å². The Labute approximate surface area is 147 Å². The summed E-state index contributed by atoms with van der Waals surface area (Å²) in [5.74, 6) is 0.285. The number of halogens is 1. The Bertz CT molecular complexity index is 630. The first-order valence-corrected chi connectivity index (χ1v) is 8.88. The molecule has 0 radical (unpaired) electrons. The molecular weight excluding hydrogens is 326 g/mol. The zero-order valence-corrected chi connectivity index (χ0v) is 14.4. The Kier molecular flexibility index (Phi) is 5.60. The monoisotopic (exact) mass is 347 g/mol. The van der Waals surface area contributed by atoms with Crippen LogP contribution in [0.15, 0.2) is 18.2 Å². The molecule has 24 heavy (non-hydrogen) atoms. The number of ether oxygens (including phenoxy) is 1. The number of benzene rings is 1. The number of rotatable bonds is 3. The Balaban J connectivity index is 1.51. The molecule has 3 rings (SSSR count). The number of hydrogen-bond acceptors (Lipinski definition) is 4. The average Bonchev–Trinajstić information content (AvgIpc) is 2.63. The van der Waals surface area contributed by atoms with Gasteiger partial charge in [-0.1, -0.05) is 11.6 Å². The van der Waals surface area contributed by atoms with Crippen molar-refractivity contribution in [1.82, 2.24) is 5.32 Å². The topological polar surface area (TPSA) is 65.4 Å². The standard InChI is InChI=1S/C18H22ClN3O2/c19-17-11-16(2-1-14(17)12-20)22-7-3-15(4-8-22)21-18(23)13-5-9-24-10-6-13/h1-2,11,13,15H,3-10H2,(H,21,23). The molecule has 0 bridgehead atoms. The van der Waals surface area contributed by atoms with E-state index >= 15 is 0 Å². The van der Waals surface area contributed by atoms with Gasteiger partial charge in [-0.15, -0.1) is 0 Å². The molecule has 1 amide bonds. The third kappa shape index (κ3) is 4.00. The van der Waals surface area contributed by atoms with Crippen LogP contribution in [0.4, 0.5) is 5.69 Å². The summed E-state index contributed by atoms with van der Waals surface area (Å²) in [7, 11) is 0. The van der Waals surface area contributed by atoms with Crippen molar-refractivity contribution in [2.24, 2.45) is 5.92 Å². The van der Waals surface area contributed by atoms with Gasteiger partial charge in [0.25, 0.3) is 0 Å². The largest absolute Gasteiger partial charge is 0.381 e. The van der Waals surface area contributed by atoms with Crippen LogP contribution in [-0.2, 0) is 9.53 Å². The van der Waals surface area contributed by atoms with E-state index < -0.39 is 0 Å². The highest BCUT2D eigenvalue weighted by Gasteiger charge is 2.26. The second kappa shape index (κ2) is 7.87. The predicted octanol–water partition coefficient (Wildman–Crippen LogP) is 2.72. The summed E-state index contributed by atoms with van der Waals surface area (Å²) in [6, 6.07) is 7.86. The van der Waals surface area contributed by atoms with Crippen molar-refractivity contribution in [3.63, 3.8) is 0 Å². The quantitative estimate of drug-likeness (QED) is 0.913. The van der Waals surface area contributed by atoms with Crippen LogP contribution < -0.4 is 10.2 Å². The number of carbonyl (C=O) groups excluding carboxylic acids is 1. The number of carbonyl (C=O) groups is 1. The summed E-state index contributed by atoms with van der Waals surface area (Å²) in [6.45, 7) is 3.13. The first-order chi connectivity index (χ1) is 11.7. The van der Waals surface area contributed by atoms with Crippen molar-refractivity contribution in [2.75, 3.05) is 31.2 Å². The lowest BCUT2D eigenvalue weighted by Gasteiger charge is -2.35.